The summed E-state index contributed by atoms with van der Waals surface area (Å²) in [6, 6.07) is 9.92. The van der Waals surface area contributed by atoms with Crippen LogP contribution in [0.25, 0.3) is 0 Å². The van der Waals surface area contributed by atoms with Crippen molar-refractivity contribution in [3.8, 4) is 0 Å². The Bertz CT molecular complexity index is 606. The molecule has 0 radical (unpaired) electrons. The Hall–Kier alpha value is -2.14. The first-order chi connectivity index (χ1) is 10.7. The molecule has 3 rings (SSSR count). The highest BCUT2D eigenvalue weighted by Gasteiger charge is 2.19. The minimum Gasteiger partial charge on any atom is -0.348 e. The zero-order valence-corrected chi connectivity index (χ0v) is 12.9. The number of amides is 1. The van der Waals surface area contributed by atoms with Crippen molar-refractivity contribution >= 4 is 5.91 Å². The van der Waals surface area contributed by atoms with Gasteiger partial charge in [-0.25, -0.2) is 0 Å². The first-order valence-electron chi connectivity index (χ1n) is 7.76. The molecule has 1 amide bonds. The average Bonchev–Trinajstić information content (AvgIpc) is 3.01. The molecular weight excluding hydrogens is 276 g/mol. The van der Waals surface area contributed by atoms with Gasteiger partial charge in [0, 0.05) is 30.5 Å². The first-order valence-corrected chi connectivity index (χ1v) is 7.76. The molecule has 2 aromatic rings. The number of benzene rings is 1. The van der Waals surface area contributed by atoms with Crippen LogP contribution < -0.4 is 5.32 Å². The number of nitrogens with one attached hydrogen (secondary N) is 1. The van der Waals surface area contributed by atoms with Crippen molar-refractivity contribution in [2.45, 2.75) is 25.4 Å². The van der Waals surface area contributed by atoms with Crippen LogP contribution in [0.15, 0.2) is 42.7 Å². The van der Waals surface area contributed by atoms with Gasteiger partial charge in [0.15, 0.2) is 0 Å². The number of hydrogen-bond acceptors (Lipinski definition) is 3. The van der Waals surface area contributed by atoms with E-state index in [1.54, 1.807) is 6.20 Å². The van der Waals surface area contributed by atoms with Crippen molar-refractivity contribution < 1.29 is 4.79 Å². The highest BCUT2D eigenvalue weighted by Crippen LogP contribution is 2.10. The van der Waals surface area contributed by atoms with Crippen LogP contribution in [0.5, 0.6) is 0 Å². The van der Waals surface area contributed by atoms with Crippen LogP contribution in [0.1, 0.15) is 28.8 Å². The minimum absolute atomic E-state index is 0.0194. The number of hydrogen-bond donors (Lipinski definition) is 1. The van der Waals surface area contributed by atoms with E-state index in [0.29, 0.717) is 0 Å². The van der Waals surface area contributed by atoms with Crippen LogP contribution in [0.3, 0.4) is 0 Å². The van der Waals surface area contributed by atoms with E-state index < -0.39 is 0 Å². The fourth-order valence-electron chi connectivity index (χ4n) is 2.90. The van der Waals surface area contributed by atoms with E-state index in [1.165, 1.54) is 0 Å². The first kappa shape index (κ1) is 14.8. The van der Waals surface area contributed by atoms with Gasteiger partial charge in [-0.05, 0) is 50.2 Å². The second-order valence-electron chi connectivity index (χ2n) is 5.98. The standard InChI is InChI=1S/C17H22N4O/c1-20-10-2-4-16(13-20)19-17(22)15-7-5-14(6-8-15)12-21-11-3-9-18-21/h3,5-9,11,16H,2,4,10,12-13H2,1H3,(H,19,22)/t16-/m1/s1. The number of aromatic nitrogens is 2. The van der Waals surface area contributed by atoms with Crippen molar-refractivity contribution in [2.75, 3.05) is 20.1 Å². The molecule has 0 aliphatic carbocycles. The van der Waals surface area contributed by atoms with E-state index in [2.05, 4.69) is 22.4 Å². The third-order valence-corrected chi connectivity index (χ3v) is 4.08. The van der Waals surface area contributed by atoms with Crippen LogP contribution in [0.2, 0.25) is 0 Å². The number of likely N-dealkylation sites (N-methyl/N-ethyl adjacent to an activating group) is 1. The Kier molecular flexibility index (Phi) is 4.53. The molecule has 0 unspecified atom stereocenters. The number of piperidine rings is 1. The molecule has 1 N–H and O–H groups in total. The summed E-state index contributed by atoms with van der Waals surface area (Å²) in [6.07, 6.45) is 5.90. The summed E-state index contributed by atoms with van der Waals surface area (Å²) in [7, 11) is 2.10. The molecule has 2 heterocycles. The molecule has 1 aromatic heterocycles. The van der Waals surface area contributed by atoms with E-state index in [1.807, 2.05) is 41.2 Å². The molecule has 1 atom stereocenters. The maximum Gasteiger partial charge on any atom is 0.251 e. The molecule has 5 heteroatoms. The molecule has 1 fully saturated rings. The Morgan fingerprint density at radius 1 is 1.36 bits per heavy atom. The lowest BCUT2D eigenvalue weighted by Gasteiger charge is -2.30. The Morgan fingerprint density at radius 3 is 2.86 bits per heavy atom. The van der Waals surface area contributed by atoms with Gasteiger partial charge in [0.2, 0.25) is 0 Å². The normalized spacial score (nSPS) is 19.0. The van der Waals surface area contributed by atoms with Gasteiger partial charge in [-0.3, -0.25) is 9.48 Å². The molecule has 116 valence electrons. The van der Waals surface area contributed by atoms with E-state index in [-0.39, 0.29) is 11.9 Å². The highest BCUT2D eigenvalue weighted by molar-refractivity contribution is 5.94. The lowest BCUT2D eigenvalue weighted by atomic mass is 10.1. The van der Waals surface area contributed by atoms with Gasteiger partial charge < -0.3 is 10.2 Å². The zero-order chi connectivity index (χ0) is 15.4. The number of nitrogens with zero attached hydrogens (tertiary/aromatic N) is 3. The van der Waals surface area contributed by atoms with Crippen LogP contribution >= 0.6 is 0 Å². The predicted octanol–water partition coefficient (Wildman–Crippen LogP) is 1.76. The summed E-state index contributed by atoms with van der Waals surface area (Å²) >= 11 is 0. The fraction of sp³-hybridized carbons (Fsp3) is 0.412. The van der Waals surface area contributed by atoms with Gasteiger partial charge in [-0.1, -0.05) is 12.1 Å². The molecule has 1 saturated heterocycles. The monoisotopic (exact) mass is 298 g/mol. The number of carbonyl (C=O) groups is 1. The molecule has 22 heavy (non-hydrogen) atoms. The van der Waals surface area contributed by atoms with E-state index in [0.717, 1.165) is 43.6 Å². The summed E-state index contributed by atoms with van der Waals surface area (Å²) in [5, 5.41) is 7.32. The van der Waals surface area contributed by atoms with Crippen molar-refractivity contribution in [2.24, 2.45) is 0 Å². The largest absolute Gasteiger partial charge is 0.348 e. The maximum absolute atomic E-state index is 12.3. The Labute approximate surface area is 130 Å². The molecule has 0 bridgehead atoms. The van der Waals surface area contributed by atoms with Gasteiger partial charge in [-0.2, -0.15) is 5.10 Å². The molecule has 0 spiro atoms. The van der Waals surface area contributed by atoms with Crippen molar-refractivity contribution in [1.29, 1.82) is 0 Å². The quantitative estimate of drug-likeness (QED) is 0.935. The SMILES string of the molecule is CN1CCC[C@@H](NC(=O)c2ccc(Cn3cccn3)cc2)C1. The lowest BCUT2D eigenvalue weighted by molar-refractivity contribution is 0.0912. The number of carbonyl (C=O) groups excluding carboxylic acids is 1. The lowest BCUT2D eigenvalue weighted by Crippen LogP contribution is -2.46. The van der Waals surface area contributed by atoms with Crippen molar-refractivity contribution in [3.05, 3.63) is 53.9 Å². The van der Waals surface area contributed by atoms with E-state index in [9.17, 15) is 4.79 Å². The second kappa shape index (κ2) is 6.75. The maximum atomic E-state index is 12.3. The van der Waals surface area contributed by atoms with Crippen LogP contribution in [0.4, 0.5) is 0 Å². The predicted molar refractivity (Wildman–Crippen MR) is 85.8 cm³/mol. The zero-order valence-electron chi connectivity index (χ0n) is 12.9. The summed E-state index contributed by atoms with van der Waals surface area (Å²) in [4.78, 5) is 14.6. The molecular formula is C17H22N4O. The number of likely N-dealkylation sites (tertiary alicyclic amines) is 1. The van der Waals surface area contributed by atoms with Gasteiger partial charge in [-0.15, -0.1) is 0 Å². The fourth-order valence-corrected chi connectivity index (χ4v) is 2.90. The van der Waals surface area contributed by atoms with Gasteiger partial charge >= 0.3 is 0 Å². The third kappa shape index (κ3) is 3.74. The van der Waals surface area contributed by atoms with Crippen LogP contribution in [0, 0.1) is 0 Å². The summed E-state index contributed by atoms with van der Waals surface area (Å²) < 4.78 is 1.87. The minimum atomic E-state index is 0.0194. The van der Waals surface area contributed by atoms with E-state index >= 15 is 0 Å². The summed E-state index contributed by atoms with van der Waals surface area (Å²) in [5.74, 6) is 0.0194. The summed E-state index contributed by atoms with van der Waals surface area (Å²) in [6.45, 7) is 2.78. The molecule has 0 saturated carbocycles. The number of rotatable bonds is 4. The summed E-state index contributed by atoms with van der Waals surface area (Å²) in [5.41, 5.74) is 1.86. The Balaban J connectivity index is 1.58. The molecule has 1 aromatic carbocycles. The Morgan fingerprint density at radius 2 is 2.18 bits per heavy atom. The van der Waals surface area contributed by atoms with Gasteiger partial charge in [0.05, 0.1) is 6.54 Å². The van der Waals surface area contributed by atoms with Crippen molar-refractivity contribution in [1.82, 2.24) is 20.0 Å². The highest BCUT2D eigenvalue weighted by atomic mass is 16.1. The van der Waals surface area contributed by atoms with Crippen LogP contribution in [-0.2, 0) is 6.54 Å². The average molecular weight is 298 g/mol. The van der Waals surface area contributed by atoms with Crippen molar-refractivity contribution in [3.63, 3.8) is 0 Å². The molecule has 5 nitrogen and oxygen atoms in total. The van der Waals surface area contributed by atoms with Gasteiger partial charge in [0.1, 0.15) is 0 Å². The smallest absolute Gasteiger partial charge is 0.251 e. The van der Waals surface area contributed by atoms with E-state index in [4.69, 9.17) is 0 Å². The third-order valence-electron chi connectivity index (χ3n) is 4.08. The van der Waals surface area contributed by atoms with Gasteiger partial charge in [0.25, 0.3) is 5.91 Å². The second-order valence-corrected chi connectivity index (χ2v) is 5.98. The molecule has 1 aliphatic heterocycles. The molecule has 1 aliphatic rings. The topological polar surface area (TPSA) is 50.2 Å². The van der Waals surface area contributed by atoms with Crippen LogP contribution in [-0.4, -0.2) is 46.8 Å².